The average molecular weight is 278 g/mol. The van der Waals surface area contributed by atoms with Gasteiger partial charge in [-0.15, -0.1) is 0 Å². The summed E-state index contributed by atoms with van der Waals surface area (Å²) in [5.74, 6) is -0.304. The van der Waals surface area contributed by atoms with Gasteiger partial charge in [0.25, 0.3) is 0 Å². The Labute approximate surface area is 120 Å². The van der Waals surface area contributed by atoms with Gasteiger partial charge in [-0.05, 0) is 51.4 Å². The first-order valence-electron chi connectivity index (χ1n) is 7.62. The van der Waals surface area contributed by atoms with Crippen molar-refractivity contribution >= 4 is 5.69 Å². The van der Waals surface area contributed by atoms with Crippen LogP contribution in [0.15, 0.2) is 18.2 Å². The van der Waals surface area contributed by atoms with Crippen LogP contribution in [0.25, 0.3) is 0 Å². The van der Waals surface area contributed by atoms with Gasteiger partial charge in [0.2, 0.25) is 0 Å². The molecule has 2 saturated heterocycles. The second kappa shape index (κ2) is 5.70. The third kappa shape index (κ3) is 2.54. The highest BCUT2D eigenvalue weighted by atomic mass is 19.1. The van der Waals surface area contributed by atoms with Crippen LogP contribution in [-0.4, -0.2) is 42.2 Å². The maximum absolute atomic E-state index is 14.0. The predicted octanol–water partition coefficient (Wildman–Crippen LogP) is 2.55. The Morgan fingerprint density at radius 1 is 1.25 bits per heavy atom. The van der Waals surface area contributed by atoms with Gasteiger partial charge < -0.3 is 10.0 Å². The zero-order valence-corrected chi connectivity index (χ0v) is 12.1. The van der Waals surface area contributed by atoms with Crippen LogP contribution in [0, 0.1) is 5.82 Å². The Morgan fingerprint density at radius 2 is 2.00 bits per heavy atom. The lowest BCUT2D eigenvalue weighted by Crippen LogP contribution is -2.35. The fourth-order valence-electron chi connectivity index (χ4n) is 3.58. The second-order valence-corrected chi connectivity index (χ2v) is 5.98. The summed E-state index contributed by atoms with van der Waals surface area (Å²) in [7, 11) is 0. The van der Waals surface area contributed by atoms with Crippen LogP contribution in [0.3, 0.4) is 0 Å². The molecule has 2 atom stereocenters. The maximum atomic E-state index is 14.0. The minimum atomic E-state index is -0.767. The minimum Gasteiger partial charge on any atom is -0.389 e. The van der Waals surface area contributed by atoms with Crippen LogP contribution in [0.4, 0.5) is 10.1 Å². The van der Waals surface area contributed by atoms with Gasteiger partial charge in [-0.3, -0.25) is 4.90 Å². The minimum absolute atomic E-state index is 0.304. The topological polar surface area (TPSA) is 26.7 Å². The van der Waals surface area contributed by atoms with Crippen LogP contribution in [0.2, 0.25) is 0 Å². The molecular weight excluding hydrogens is 255 g/mol. The highest BCUT2D eigenvalue weighted by molar-refractivity contribution is 5.56. The van der Waals surface area contributed by atoms with Crippen molar-refractivity contribution in [2.24, 2.45) is 0 Å². The summed E-state index contributed by atoms with van der Waals surface area (Å²) in [5.41, 5.74) is 1.30. The molecule has 1 unspecified atom stereocenters. The van der Waals surface area contributed by atoms with Gasteiger partial charge in [-0.25, -0.2) is 4.39 Å². The summed E-state index contributed by atoms with van der Waals surface area (Å²) >= 11 is 0. The molecule has 1 N–H and O–H groups in total. The lowest BCUT2D eigenvalue weighted by atomic mass is 10.1. The van der Waals surface area contributed by atoms with Crippen LogP contribution in [0.5, 0.6) is 0 Å². The summed E-state index contributed by atoms with van der Waals surface area (Å²) in [4.78, 5) is 4.79. The van der Waals surface area contributed by atoms with Gasteiger partial charge in [0.05, 0.1) is 6.10 Å². The molecule has 2 aliphatic heterocycles. The van der Waals surface area contributed by atoms with E-state index in [1.807, 2.05) is 6.07 Å². The molecule has 20 heavy (non-hydrogen) atoms. The molecule has 1 aromatic rings. The first kappa shape index (κ1) is 13.8. The number of aliphatic hydroxyl groups is 1. The van der Waals surface area contributed by atoms with Crippen molar-refractivity contribution in [3.63, 3.8) is 0 Å². The van der Waals surface area contributed by atoms with Crippen molar-refractivity contribution in [1.82, 2.24) is 4.90 Å². The summed E-state index contributed by atoms with van der Waals surface area (Å²) in [6.45, 7) is 5.93. The van der Waals surface area contributed by atoms with Crippen molar-refractivity contribution in [2.75, 3.05) is 31.1 Å². The third-order valence-corrected chi connectivity index (χ3v) is 4.61. The van der Waals surface area contributed by atoms with E-state index in [1.165, 1.54) is 32.0 Å². The number of hydrogen-bond donors (Lipinski definition) is 1. The number of nitrogens with zero attached hydrogens (tertiary/aromatic N) is 2. The lowest BCUT2D eigenvalue weighted by molar-refractivity contribution is 0.194. The predicted molar refractivity (Wildman–Crippen MR) is 78.5 cm³/mol. The summed E-state index contributed by atoms with van der Waals surface area (Å²) in [6, 6.07) is 5.68. The molecule has 1 aromatic carbocycles. The molecule has 0 amide bonds. The van der Waals surface area contributed by atoms with E-state index in [0.717, 1.165) is 25.2 Å². The molecule has 4 heteroatoms. The Balaban J connectivity index is 1.79. The zero-order valence-electron chi connectivity index (χ0n) is 12.1. The van der Waals surface area contributed by atoms with Crippen molar-refractivity contribution in [3.05, 3.63) is 29.6 Å². The standard InChI is InChI=1S/C16H23FN2O/c1-12(20)16-14(17)5-4-6-15(16)19-10-7-13(11-19)18-8-2-3-9-18/h4-6,12-13,20H,2-3,7-11H2,1H3/t12-,13?/m1/s1. The van der Waals surface area contributed by atoms with Gasteiger partial charge in [0, 0.05) is 30.4 Å². The Bertz CT molecular complexity index is 472. The number of halogens is 1. The maximum Gasteiger partial charge on any atom is 0.131 e. The zero-order chi connectivity index (χ0) is 14.1. The quantitative estimate of drug-likeness (QED) is 0.920. The van der Waals surface area contributed by atoms with E-state index in [2.05, 4.69) is 9.80 Å². The average Bonchev–Trinajstić information content (AvgIpc) is 3.09. The summed E-state index contributed by atoms with van der Waals surface area (Å²) < 4.78 is 14.0. The number of aliphatic hydroxyl groups excluding tert-OH is 1. The van der Waals surface area contributed by atoms with Crippen LogP contribution < -0.4 is 4.90 Å². The molecular formula is C16H23FN2O. The van der Waals surface area contributed by atoms with Crippen LogP contribution >= 0.6 is 0 Å². The molecule has 110 valence electrons. The highest BCUT2D eigenvalue weighted by Gasteiger charge is 2.31. The van der Waals surface area contributed by atoms with E-state index in [1.54, 1.807) is 13.0 Å². The SMILES string of the molecule is C[C@@H](O)c1c(F)cccc1N1CCC(N2CCCC2)C1. The number of anilines is 1. The molecule has 0 aliphatic carbocycles. The van der Waals surface area contributed by atoms with Gasteiger partial charge in [0.15, 0.2) is 0 Å². The number of likely N-dealkylation sites (tertiary alicyclic amines) is 1. The van der Waals surface area contributed by atoms with Crippen molar-refractivity contribution < 1.29 is 9.50 Å². The van der Waals surface area contributed by atoms with Crippen LogP contribution in [0.1, 0.15) is 37.9 Å². The third-order valence-electron chi connectivity index (χ3n) is 4.61. The molecule has 3 nitrogen and oxygen atoms in total. The fraction of sp³-hybridized carbons (Fsp3) is 0.625. The summed E-state index contributed by atoms with van der Waals surface area (Å²) in [5, 5.41) is 9.85. The van der Waals surface area contributed by atoms with Gasteiger partial charge in [-0.1, -0.05) is 6.07 Å². The molecule has 2 aliphatic rings. The van der Waals surface area contributed by atoms with Gasteiger partial charge in [0.1, 0.15) is 5.82 Å². The Morgan fingerprint density at radius 3 is 2.70 bits per heavy atom. The molecule has 0 spiro atoms. The van der Waals surface area contributed by atoms with Gasteiger partial charge >= 0.3 is 0 Å². The number of rotatable bonds is 3. The van der Waals surface area contributed by atoms with E-state index in [9.17, 15) is 9.50 Å². The van der Waals surface area contributed by atoms with E-state index < -0.39 is 6.10 Å². The molecule has 0 bridgehead atoms. The first-order chi connectivity index (χ1) is 9.66. The van der Waals surface area contributed by atoms with Crippen LogP contribution in [-0.2, 0) is 0 Å². The monoisotopic (exact) mass is 278 g/mol. The smallest absolute Gasteiger partial charge is 0.131 e. The van der Waals surface area contributed by atoms with E-state index in [0.29, 0.717) is 11.6 Å². The largest absolute Gasteiger partial charge is 0.389 e. The van der Waals surface area contributed by atoms with Crippen molar-refractivity contribution in [3.8, 4) is 0 Å². The lowest BCUT2D eigenvalue weighted by Gasteiger charge is -2.26. The Kier molecular flexibility index (Phi) is 3.94. The van der Waals surface area contributed by atoms with E-state index in [4.69, 9.17) is 0 Å². The first-order valence-corrected chi connectivity index (χ1v) is 7.62. The molecule has 0 aromatic heterocycles. The molecule has 3 rings (SSSR count). The normalized spacial score (nSPS) is 25.4. The molecule has 0 saturated carbocycles. The highest BCUT2D eigenvalue weighted by Crippen LogP contribution is 2.32. The number of benzene rings is 1. The van der Waals surface area contributed by atoms with Crippen molar-refractivity contribution in [1.29, 1.82) is 0 Å². The number of hydrogen-bond acceptors (Lipinski definition) is 3. The summed E-state index contributed by atoms with van der Waals surface area (Å²) in [6.07, 6.45) is 2.97. The van der Waals surface area contributed by atoms with E-state index >= 15 is 0 Å². The van der Waals surface area contributed by atoms with Gasteiger partial charge in [-0.2, -0.15) is 0 Å². The Hall–Kier alpha value is -1.13. The van der Waals surface area contributed by atoms with Crippen molar-refractivity contribution in [2.45, 2.75) is 38.3 Å². The second-order valence-electron chi connectivity index (χ2n) is 5.98. The van der Waals surface area contributed by atoms with E-state index in [-0.39, 0.29) is 5.82 Å². The fourth-order valence-corrected chi connectivity index (χ4v) is 3.58. The molecule has 2 fully saturated rings. The molecule has 0 radical (unpaired) electrons. The molecule has 2 heterocycles.